The Hall–Kier alpha value is -2.95. The lowest BCUT2D eigenvalue weighted by atomic mass is 9.99. The largest absolute Gasteiger partial charge is 0.467 e. The van der Waals surface area contributed by atoms with Crippen LogP contribution in [0, 0.1) is 0 Å². The molecule has 1 aliphatic heterocycles. The third-order valence-corrected chi connectivity index (χ3v) is 8.07. The molecule has 1 aliphatic rings. The molecule has 0 bridgehead atoms. The van der Waals surface area contributed by atoms with Gasteiger partial charge in [-0.3, -0.25) is 14.5 Å². The minimum atomic E-state index is -1.01. The molecule has 40 heavy (non-hydrogen) atoms. The smallest absolute Gasteiger partial charge is 0.411 e. The number of esters is 1. The molecule has 0 aliphatic carbocycles. The van der Waals surface area contributed by atoms with Crippen molar-refractivity contribution in [3.63, 3.8) is 0 Å². The van der Waals surface area contributed by atoms with Gasteiger partial charge in [0.25, 0.3) is 5.91 Å². The van der Waals surface area contributed by atoms with Gasteiger partial charge in [-0.25, -0.2) is 9.59 Å². The molecule has 3 rings (SSSR count). The number of methoxy groups -OCH3 is 1. The van der Waals surface area contributed by atoms with Crippen LogP contribution in [0.1, 0.15) is 50.5 Å². The van der Waals surface area contributed by atoms with E-state index in [4.69, 9.17) is 32.7 Å². The fraction of sp³-hybridized carbons (Fsp3) is 0.429. The SMILES string of the molecule is COC(=O)[C@H](Cc1ccc(NC(=O)c2c(Cl)cccc2Cl)cc1)NC(=O)[C@H]1N(C(=O)OC(C)(C)C)CSC1(C)C. The van der Waals surface area contributed by atoms with Crippen molar-refractivity contribution in [2.45, 2.75) is 63.5 Å². The Kier molecular flexibility index (Phi) is 10.0. The van der Waals surface area contributed by atoms with E-state index in [0.717, 1.165) is 0 Å². The normalized spacial score (nSPS) is 17.1. The molecule has 12 heteroatoms. The summed E-state index contributed by atoms with van der Waals surface area (Å²) < 4.78 is 9.82. The maximum Gasteiger partial charge on any atom is 0.411 e. The molecule has 0 unspecified atom stereocenters. The first kappa shape index (κ1) is 31.6. The number of thioether (sulfide) groups is 1. The van der Waals surface area contributed by atoms with Gasteiger partial charge in [0, 0.05) is 16.9 Å². The number of anilines is 1. The first-order valence-electron chi connectivity index (χ1n) is 12.5. The van der Waals surface area contributed by atoms with Crippen molar-refractivity contribution in [3.8, 4) is 0 Å². The van der Waals surface area contributed by atoms with Gasteiger partial charge < -0.3 is 20.1 Å². The minimum Gasteiger partial charge on any atom is -0.467 e. The van der Waals surface area contributed by atoms with Gasteiger partial charge in [-0.05, 0) is 64.4 Å². The monoisotopic (exact) mass is 609 g/mol. The van der Waals surface area contributed by atoms with Crippen LogP contribution in [0.4, 0.5) is 10.5 Å². The third kappa shape index (κ3) is 7.83. The second-order valence-electron chi connectivity index (χ2n) is 10.8. The zero-order valence-corrected chi connectivity index (χ0v) is 25.5. The van der Waals surface area contributed by atoms with Crippen LogP contribution in [0.25, 0.3) is 0 Å². The molecule has 1 fully saturated rings. The van der Waals surface area contributed by atoms with Gasteiger partial charge >= 0.3 is 12.1 Å². The molecule has 2 aromatic rings. The lowest BCUT2D eigenvalue weighted by molar-refractivity contribution is -0.145. The Labute approximate surface area is 248 Å². The Balaban J connectivity index is 1.73. The van der Waals surface area contributed by atoms with Gasteiger partial charge in [-0.15, -0.1) is 11.8 Å². The van der Waals surface area contributed by atoms with E-state index in [2.05, 4.69) is 10.6 Å². The van der Waals surface area contributed by atoms with E-state index in [-0.39, 0.29) is 27.9 Å². The van der Waals surface area contributed by atoms with Crippen molar-refractivity contribution >= 4 is 64.5 Å². The summed E-state index contributed by atoms with van der Waals surface area (Å²) in [6.45, 7) is 8.99. The molecule has 0 radical (unpaired) electrons. The lowest BCUT2D eigenvalue weighted by Gasteiger charge is -2.32. The van der Waals surface area contributed by atoms with Crippen LogP contribution in [0.3, 0.4) is 0 Å². The van der Waals surface area contributed by atoms with Gasteiger partial charge in [0.05, 0.1) is 28.6 Å². The van der Waals surface area contributed by atoms with Gasteiger partial charge in [-0.2, -0.15) is 0 Å². The van der Waals surface area contributed by atoms with Crippen LogP contribution in [0.5, 0.6) is 0 Å². The Morgan fingerprint density at radius 3 is 2.23 bits per heavy atom. The van der Waals surface area contributed by atoms with E-state index >= 15 is 0 Å². The summed E-state index contributed by atoms with van der Waals surface area (Å²) in [5, 5.41) is 5.97. The number of benzene rings is 2. The number of ether oxygens (including phenoxy) is 2. The fourth-order valence-corrected chi connectivity index (χ4v) is 5.84. The van der Waals surface area contributed by atoms with E-state index in [1.807, 2.05) is 13.8 Å². The number of amides is 3. The molecule has 2 atom stereocenters. The van der Waals surface area contributed by atoms with E-state index in [1.54, 1.807) is 63.2 Å². The second kappa shape index (κ2) is 12.7. The van der Waals surface area contributed by atoms with Crippen molar-refractivity contribution in [1.82, 2.24) is 10.2 Å². The first-order valence-corrected chi connectivity index (χ1v) is 14.2. The van der Waals surface area contributed by atoms with Crippen LogP contribution in [0.15, 0.2) is 42.5 Å². The van der Waals surface area contributed by atoms with E-state index < -0.39 is 46.3 Å². The van der Waals surface area contributed by atoms with Crippen molar-refractivity contribution < 1.29 is 28.7 Å². The molecule has 0 aromatic heterocycles. The predicted octanol–water partition coefficient (Wildman–Crippen LogP) is 5.53. The maximum atomic E-state index is 13.5. The summed E-state index contributed by atoms with van der Waals surface area (Å²) in [5.74, 6) is -1.31. The summed E-state index contributed by atoms with van der Waals surface area (Å²) in [4.78, 5) is 53.0. The summed E-state index contributed by atoms with van der Waals surface area (Å²) in [6, 6.07) is 9.67. The average molecular weight is 611 g/mol. The van der Waals surface area contributed by atoms with Crippen LogP contribution < -0.4 is 10.6 Å². The van der Waals surface area contributed by atoms with E-state index in [0.29, 0.717) is 11.3 Å². The summed E-state index contributed by atoms with van der Waals surface area (Å²) in [6.07, 6.45) is -0.480. The molecule has 3 amide bonds. The minimum absolute atomic E-state index is 0.121. The average Bonchev–Trinajstić information content (AvgIpc) is 3.18. The molecule has 1 saturated heterocycles. The highest BCUT2D eigenvalue weighted by Crippen LogP contribution is 2.40. The number of nitrogens with zero attached hydrogens (tertiary/aromatic N) is 1. The van der Waals surface area contributed by atoms with Crippen LogP contribution in [-0.4, -0.2) is 64.2 Å². The van der Waals surface area contributed by atoms with Crippen molar-refractivity contribution in [2.75, 3.05) is 18.3 Å². The first-order chi connectivity index (χ1) is 18.6. The highest BCUT2D eigenvalue weighted by molar-refractivity contribution is 8.00. The number of carbonyl (C=O) groups excluding carboxylic acids is 4. The fourth-order valence-electron chi connectivity index (χ4n) is 4.15. The predicted molar refractivity (Wildman–Crippen MR) is 157 cm³/mol. The second-order valence-corrected chi connectivity index (χ2v) is 13.2. The molecule has 2 N–H and O–H groups in total. The summed E-state index contributed by atoms with van der Waals surface area (Å²) >= 11 is 13.7. The molecule has 216 valence electrons. The number of carbonyl (C=O) groups is 4. The molecule has 1 heterocycles. The molecule has 0 saturated carbocycles. The highest BCUT2D eigenvalue weighted by atomic mass is 35.5. The maximum absolute atomic E-state index is 13.5. The highest BCUT2D eigenvalue weighted by Gasteiger charge is 2.49. The van der Waals surface area contributed by atoms with Gasteiger partial charge in [0.1, 0.15) is 17.7 Å². The standard InChI is InChI=1S/C28H33Cl2N3O6S/c1-27(2,3)39-26(37)33-15-40-28(4,5)22(33)24(35)32-20(25(36)38-6)14-16-10-12-17(13-11-16)31-23(34)21-18(29)8-7-9-19(21)30/h7-13,20,22H,14-15H2,1-6H3,(H,31,34)(H,32,35)/t20-,22+/m0/s1. The molecule has 9 nitrogen and oxygen atoms in total. The van der Waals surface area contributed by atoms with Crippen LogP contribution >= 0.6 is 35.0 Å². The van der Waals surface area contributed by atoms with Crippen molar-refractivity contribution in [1.29, 1.82) is 0 Å². The van der Waals surface area contributed by atoms with Gasteiger partial charge in [0.15, 0.2) is 0 Å². The van der Waals surface area contributed by atoms with Crippen molar-refractivity contribution in [2.24, 2.45) is 0 Å². The Morgan fingerprint density at radius 1 is 1.07 bits per heavy atom. The van der Waals surface area contributed by atoms with Crippen LogP contribution in [0.2, 0.25) is 10.0 Å². The molecule has 2 aromatic carbocycles. The quantitative estimate of drug-likeness (QED) is 0.396. The molecule has 0 spiro atoms. The number of halogens is 2. The van der Waals surface area contributed by atoms with E-state index in [1.165, 1.54) is 23.8 Å². The van der Waals surface area contributed by atoms with E-state index in [9.17, 15) is 19.2 Å². The third-order valence-electron chi connectivity index (χ3n) is 6.07. The van der Waals surface area contributed by atoms with Crippen LogP contribution in [-0.2, 0) is 25.5 Å². The molecular formula is C28H33Cl2N3O6S. The number of rotatable bonds is 7. The number of nitrogens with one attached hydrogen (secondary N) is 2. The Morgan fingerprint density at radius 2 is 1.68 bits per heavy atom. The van der Waals surface area contributed by atoms with Crippen molar-refractivity contribution in [3.05, 3.63) is 63.6 Å². The molecular weight excluding hydrogens is 577 g/mol. The van der Waals surface area contributed by atoms with Gasteiger partial charge in [-0.1, -0.05) is 41.4 Å². The lowest BCUT2D eigenvalue weighted by Crippen LogP contribution is -2.57. The summed E-state index contributed by atoms with van der Waals surface area (Å²) in [5.41, 5.74) is 0.626. The number of hydrogen-bond acceptors (Lipinski definition) is 7. The zero-order valence-electron chi connectivity index (χ0n) is 23.2. The van der Waals surface area contributed by atoms with Gasteiger partial charge in [0.2, 0.25) is 5.91 Å². The number of hydrogen-bond donors (Lipinski definition) is 2. The summed E-state index contributed by atoms with van der Waals surface area (Å²) in [7, 11) is 1.24. The Bertz CT molecular complexity index is 1260. The topological polar surface area (TPSA) is 114 Å². The zero-order chi connectivity index (χ0) is 29.8.